The zero-order valence-corrected chi connectivity index (χ0v) is 13.1. The van der Waals surface area contributed by atoms with Gasteiger partial charge in [-0.25, -0.2) is 4.98 Å². The lowest BCUT2D eigenvalue weighted by molar-refractivity contribution is 0.316. The molecule has 118 valence electrons. The number of hydrogen-bond acceptors (Lipinski definition) is 3. The van der Waals surface area contributed by atoms with Crippen molar-refractivity contribution in [3.05, 3.63) is 47.0 Å². The quantitative estimate of drug-likeness (QED) is 0.802. The Morgan fingerprint density at radius 3 is 2.96 bits per heavy atom. The van der Waals surface area contributed by atoms with Crippen molar-refractivity contribution >= 4 is 10.9 Å². The summed E-state index contributed by atoms with van der Waals surface area (Å²) in [5.41, 5.74) is 1.32. The number of nitrogens with one attached hydrogen (secondary N) is 1. The molecule has 0 radical (unpaired) electrons. The van der Waals surface area contributed by atoms with Gasteiger partial charge in [0.05, 0.1) is 12.2 Å². The number of fused-ring (bicyclic) bond motifs is 1. The molecule has 0 spiro atoms. The fourth-order valence-electron chi connectivity index (χ4n) is 3.09. The van der Waals surface area contributed by atoms with Crippen LogP contribution in [-0.2, 0) is 0 Å². The van der Waals surface area contributed by atoms with Crippen LogP contribution in [0.15, 0.2) is 41.5 Å². The third kappa shape index (κ3) is 2.42. The highest BCUT2D eigenvalue weighted by molar-refractivity contribution is 5.83. The summed E-state index contributed by atoms with van der Waals surface area (Å²) in [6.45, 7) is 2.58. The summed E-state index contributed by atoms with van der Waals surface area (Å²) in [4.78, 5) is 19.9. The van der Waals surface area contributed by atoms with Gasteiger partial charge in [0.25, 0.3) is 5.56 Å². The summed E-state index contributed by atoms with van der Waals surface area (Å²) in [7, 11) is 0. The molecule has 2 heterocycles. The van der Waals surface area contributed by atoms with E-state index in [1.807, 2.05) is 37.4 Å². The molecule has 1 aromatic carbocycles. The molecule has 5 heteroatoms. The zero-order chi connectivity index (χ0) is 15.8. The first-order chi connectivity index (χ1) is 11.3. The summed E-state index contributed by atoms with van der Waals surface area (Å²) in [5, 5.41) is 0.953. The lowest BCUT2D eigenvalue weighted by Crippen LogP contribution is -2.19. The molecule has 1 saturated carbocycles. The van der Waals surface area contributed by atoms with Crippen LogP contribution >= 0.6 is 0 Å². The van der Waals surface area contributed by atoms with Crippen LogP contribution in [0.25, 0.3) is 22.3 Å². The van der Waals surface area contributed by atoms with Crippen LogP contribution in [0.5, 0.6) is 5.75 Å². The maximum atomic E-state index is 12.5. The fourth-order valence-corrected chi connectivity index (χ4v) is 3.09. The maximum absolute atomic E-state index is 12.5. The van der Waals surface area contributed by atoms with Crippen molar-refractivity contribution in [2.75, 3.05) is 6.61 Å². The molecule has 0 unspecified atom stereocenters. The third-order valence-corrected chi connectivity index (χ3v) is 4.50. The molecule has 4 rings (SSSR count). The standard InChI is InChI=1S/C18H19N3O2/c1-2-23-14-6-7-16-12(10-14)11-15(18(22)20-16)17-19-8-9-21(17)13-4-3-5-13/h6-11,13H,2-5H2,1H3,(H,20,22). The molecule has 1 fully saturated rings. The highest BCUT2D eigenvalue weighted by Gasteiger charge is 2.23. The van der Waals surface area contributed by atoms with E-state index in [4.69, 9.17) is 4.74 Å². The molecule has 0 aliphatic heterocycles. The second-order valence-corrected chi connectivity index (χ2v) is 5.94. The van der Waals surface area contributed by atoms with E-state index >= 15 is 0 Å². The average Bonchev–Trinajstić information content (AvgIpc) is 2.94. The Hall–Kier alpha value is -2.56. The van der Waals surface area contributed by atoms with E-state index in [2.05, 4.69) is 14.5 Å². The fraction of sp³-hybridized carbons (Fsp3) is 0.333. The lowest BCUT2D eigenvalue weighted by atomic mass is 9.92. The van der Waals surface area contributed by atoms with Crippen molar-refractivity contribution in [2.45, 2.75) is 32.2 Å². The van der Waals surface area contributed by atoms with E-state index in [1.165, 1.54) is 6.42 Å². The van der Waals surface area contributed by atoms with Gasteiger partial charge in [0.1, 0.15) is 11.6 Å². The Morgan fingerprint density at radius 2 is 2.22 bits per heavy atom. The van der Waals surface area contributed by atoms with Crippen LogP contribution in [0, 0.1) is 0 Å². The van der Waals surface area contributed by atoms with Crippen molar-refractivity contribution < 1.29 is 4.74 Å². The van der Waals surface area contributed by atoms with Gasteiger partial charge in [0.2, 0.25) is 0 Å². The molecule has 1 N–H and O–H groups in total. The second-order valence-electron chi connectivity index (χ2n) is 5.94. The number of hydrogen-bond donors (Lipinski definition) is 1. The molecule has 0 atom stereocenters. The Labute approximate surface area is 133 Å². The van der Waals surface area contributed by atoms with Gasteiger partial charge in [-0.15, -0.1) is 0 Å². The van der Waals surface area contributed by atoms with Gasteiger partial charge in [-0.2, -0.15) is 0 Å². The number of ether oxygens (including phenoxy) is 1. The first kappa shape index (κ1) is 14.1. The second kappa shape index (κ2) is 5.57. The van der Waals surface area contributed by atoms with Crippen molar-refractivity contribution in [1.29, 1.82) is 0 Å². The van der Waals surface area contributed by atoms with Crippen LogP contribution in [0.2, 0.25) is 0 Å². The van der Waals surface area contributed by atoms with E-state index in [0.29, 0.717) is 18.2 Å². The largest absolute Gasteiger partial charge is 0.494 e. The van der Waals surface area contributed by atoms with Gasteiger partial charge in [-0.1, -0.05) is 0 Å². The van der Waals surface area contributed by atoms with Gasteiger partial charge >= 0.3 is 0 Å². The lowest BCUT2D eigenvalue weighted by Gasteiger charge is -2.28. The van der Waals surface area contributed by atoms with Crippen LogP contribution < -0.4 is 10.3 Å². The molecule has 2 aromatic heterocycles. The average molecular weight is 309 g/mol. The molecule has 1 aliphatic carbocycles. The highest BCUT2D eigenvalue weighted by atomic mass is 16.5. The number of benzene rings is 1. The summed E-state index contributed by atoms with van der Waals surface area (Å²) in [5.74, 6) is 1.56. The predicted octanol–water partition coefficient (Wildman–Crippen LogP) is 3.52. The smallest absolute Gasteiger partial charge is 0.259 e. The van der Waals surface area contributed by atoms with Crippen LogP contribution in [0.4, 0.5) is 0 Å². The maximum Gasteiger partial charge on any atom is 0.259 e. The minimum atomic E-state index is -0.103. The van der Waals surface area contributed by atoms with E-state index in [9.17, 15) is 4.79 Å². The van der Waals surface area contributed by atoms with Crippen molar-refractivity contribution in [3.8, 4) is 17.1 Å². The number of rotatable bonds is 4. The van der Waals surface area contributed by atoms with Crippen LogP contribution in [-0.4, -0.2) is 21.1 Å². The van der Waals surface area contributed by atoms with E-state index < -0.39 is 0 Å². The Bertz CT molecular complexity index is 906. The Kier molecular flexibility index (Phi) is 3.41. The molecule has 23 heavy (non-hydrogen) atoms. The number of pyridine rings is 1. The molecule has 3 aromatic rings. The molecule has 5 nitrogen and oxygen atoms in total. The minimum absolute atomic E-state index is 0.103. The molecule has 0 bridgehead atoms. The summed E-state index contributed by atoms with van der Waals surface area (Å²) >= 11 is 0. The van der Waals surface area contributed by atoms with Gasteiger partial charge in [0.15, 0.2) is 0 Å². The minimum Gasteiger partial charge on any atom is -0.494 e. The van der Waals surface area contributed by atoms with Crippen LogP contribution in [0.3, 0.4) is 0 Å². The summed E-state index contributed by atoms with van der Waals surface area (Å²) in [6.07, 6.45) is 7.30. The first-order valence-electron chi connectivity index (χ1n) is 8.09. The highest BCUT2D eigenvalue weighted by Crippen LogP contribution is 2.34. The van der Waals surface area contributed by atoms with E-state index in [1.54, 1.807) is 6.20 Å². The van der Waals surface area contributed by atoms with Crippen molar-refractivity contribution in [1.82, 2.24) is 14.5 Å². The normalized spacial score (nSPS) is 14.8. The van der Waals surface area contributed by atoms with E-state index in [0.717, 1.165) is 35.3 Å². The zero-order valence-electron chi connectivity index (χ0n) is 13.1. The predicted molar refractivity (Wildman–Crippen MR) is 89.8 cm³/mol. The molecule has 1 aliphatic rings. The number of aromatic nitrogens is 3. The summed E-state index contributed by atoms with van der Waals surface area (Å²) < 4.78 is 7.68. The Balaban J connectivity index is 1.84. The third-order valence-electron chi connectivity index (χ3n) is 4.50. The number of aromatic amines is 1. The van der Waals surface area contributed by atoms with Gasteiger partial charge in [0, 0.05) is 29.3 Å². The first-order valence-corrected chi connectivity index (χ1v) is 8.09. The molecular formula is C18H19N3O2. The molecule has 0 amide bonds. The monoisotopic (exact) mass is 309 g/mol. The Morgan fingerprint density at radius 1 is 1.35 bits per heavy atom. The van der Waals surface area contributed by atoms with Gasteiger partial charge < -0.3 is 14.3 Å². The summed E-state index contributed by atoms with van der Waals surface area (Å²) in [6, 6.07) is 8.08. The number of nitrogens with zero attached hydrogens (tertiary/aromatic N) is 2. The van der Waals surface area contributed by atoms with Crippen molar-refractivity contribution in [2.24, 2.45) is 0 Å². The molecule has 0 saturated heterocycles. The molecular weight excluding hydrogens is 290 g/mol. The van der Waals surface area contributed by atoms with Gasteiger partial charge in [-0.05, 0) is 50.5 Å². The van der Waals surface area contributed by atoms with E-state index in [-0.39, 0.29) is 5.56 Å². The number of H-pyrrole nitrogens is 1. The topological polar surface area (TPSA) is 59.9 Å². The number of imidazole rings is 1. The van der Waals surface area contributed by atoms with Gasteiger partial charge in [-0.3, -0.25) is 4.79 Å². The van der Waals surface area contributed by atoms with Crippen molar-refractivity contribution in [3.63, 3.8) is 0 Å². The van der Waals surface area contributed by atoms with Crippen LogP contribution in [0.1, 0.15) is 32.2 Å². The SMILES string of the molecule is CCOc1ccc2[nH]c(=O)c(-c3nccn3C3CCC3)cc2c1.